The predicted molar refractivity (Wildman–Crippen MR) is 66.8 cm³/mol. The Morgan fingerprint density at radius 3 is 2.84 bits per heavy atom. The molecule has 5 heteroatoms. The first-order valence-electron chi connectivity index (χ1n) is 6.53. The van der Waals surface area contributed by atoms with Gasteiger partial charge in [0.05, 0.1) is 11.7 Å². The van der Waals surface area contributed by atoms with Crippen LogP contribution in [0.2, 0.25) is 0 Å². The number of hydrogen-bond acceptors (Lipinski definition) is 2. The summed E-state index contributed by atoms with van der Waals surface area (Å²) in [7, 11) is 0. The summed E-state index contributed by atoms with van der Waals surface area (Å²) in [4.78, 5) is 0. The third-order valence-corrected chi connectivity index (χ3v) is 3.46. The largest absolute Gasteiger partial charge is 0.416 e. The van der Waals surface area contributed by atoms with Gasteiger partial charge in [0.2, 0.25) is 0 Å². The average molecular weight is 273 g/mol. The third-order valence-electron chi connectivity index (χ3n) is 3.46. The van der Waals surface area contributed by atoms with Gasteiger partial charge in [-0.05, 0) is 30.5 Å². The summed E-state index contributed by atoms with van der Waals surface area (Å²) in [6.45, 7) is 3.22. The standard InChI is InChI=1S/C14H18F3NO/c1-2-12-6-7-19-13(9-18-12)10-4-3-5-11(8-10)14(15,16)17/h3-5,8,12-13,18H,2,6-7,9H2,1H3. The van der Waals surface area contributed by atoms with E-state index >= 15 is 0 Å². The molecule has 2 atom stereocenters. The molecule has 2 nitrogen and oxygen atoms in total. The van der Waals surface area contributed by atoms with E-state index in [1.807, 2.05) is 0 Å². The summed E-state index contributed by atoms with van der Waals surface area (Å²) in [6.07, 6.45) is -2.72. The molecule has 2 rings (SSSR count). The van der Waals surface area contributed by atoms with Gasteiger partial charge < -0.3 is 10.1 Å². The minimum Gasteiger partial charge on any atom is -0.372 e. The first-order chi connectivity index (χ1) is 9.00. The van der Waals surface area contributed by atoms with Crippen LogP contribution in [0.4, 0.5) is 13.2 Å². The minimum absolute atomic E-state index is 0.307. The lowest BCUT2D eigenvalue weighted by Crippen LogP contribution is -2.29. The molecule has 0 saturated carbocycles. The molecule has 0 bridgehead atoms. The van der Waals surface area contributed by atoms with Gasteiger partial charge in [0.25, 0.3) is 0 Å². The van der Waals surface area contributed by atoms with Crippen LogP contribution in [0.25, 0.3) is 0 Å². The molecular weight excluding hydrogens is 255 g/mol. The second kappa shape index (κ2) is 5.92. The summed E-state index contributed by atoms with van der Waals surface area (Å²) in [6, 6.07) is 5.77. The van der Waals surface area contributed by atoms with Crippen LogP contribution < -0.4 is 5.32 Å². The Bertz CT molecular complexity index is 419. The lowest BCUT2D eigenvalue weighted by Gasteiger charge is -2.17. The van der Waals surface area contributed by atoms with Gasteiger partial charge >= 0.3 is 6.18 Å². The molecule has 106 valence electrons. The van der Waals surface area contributed by atoms with E-state index in [0.717, 1.165) is 18.9 Å². The zero-order valence-electron chi connectivity index (χ0n) is 10.8. The number of alkyl halides is 3. The van der Waals surface area contributed by atoms with Crippen molar-refractivity contribution >= 4 is 0 Å². The van der Waals surface area contributed by atoms with Crippen LogP contribution in [-0.4, -0.2) is 19.2 Å². The van der Waals surface area contributed by atoms with Crippen LogP contribution in [-0.2, 0) is 10.9 Å². The molecule has 1 aliphatic heterocycles. The lowest BCUT2D eigenvalue weighted by molar-refractivity contribution is -0.137. The summed E-state index contributed by atoms with van der Waals surface area (Å²) < 4.78 is 43.7. The normalized spacial score (nSPS) is 25.1. The van der Waals surface area contributed by atoms with Gasteiger partial charge in [-0.2, -0.15) is 13.2 Å². The molecule has 1 aromatic carbocycles. The number of halogens is 3. The zero-order valence-corrected chi connectivity index (χ0v) is 10.8. The van der Waals surface area contributed by atoms with Gasteiger partial charge in [-0.3, -0.25) is 0 Å². The van der Waals surface area contributed by atoms with Crippen LogP contribution in [0, 0.1) is 0 Å². The van der Waals surface area contributed by atoms with Gasteiger partial charge in [0.1, 0.15) is 0 Å². The highest BCUT2D eigenvalue weighted by molar-refractivity contribution is 5.27. The van der Waals surface area contributed by atoms with Crippen LogP contribution in [0.1, 0.15) is 37.0 Å². The maximum Gasteiger partial charge on any atom is 0.416 e. The van der Waals surface area contributed by atoms with Gasteiger partial charge in [-0.1, -0.05) is 19.1 Å². The molecule has 1 fully saturated rings. The van der Waals surface area contributed by atoms with Crippen molar-refractivity contribution in [2.75, 3.05) is 13.2 Å². The fourth-order valence-electron chi connectivity index (χ4n) is 2.27. The number of ether oxygens (including phenoxy) is 1. The molecule has 2 unspecified atom stereocenters. The van der Waals surface area contributed by atoms with E-state index < -0.39 is 11.7 Å². The van der Waals surface area contributed by atoms with Crippen molar-refractivity contribution in [1.82, 2.24) is 5.32 Å². The molecule has 0 radical (unpaired) electrons. The first-order valence-corrected chi connectivity index (χ1v) is 6.53. The summed E-state index contributed by atoms with van der Waals surface area (Å²) in [5.41, 5.74) is -0.0380. The summed E-state index contributed by atoms with van der Waals surface area (Å²) >= 11 is 0. The fraction of sp³-hybridized carbons (Fsp3) is 0.571. The SMILES string of the molecule is CCC1CCOC(c2cccc(C(F)(F)F)c2)CN1. The Morgan fingerprint density at radius 1 is 1.37 bits per heavy atom. The van der Waals surface area contributed by atoms with E-state index in [-0.39, 0.29) is 6.10 Å². The molecule has 19 heavy (non-hydrogen) atoms. The second-order valence-corrected chi connectivity index (χ2v) is 4.78. The number of benzene rings is 1. The Kier molecular flexibility index (Phi) is 4.47. The van der Waals surface area contributed by atoms with Crippen molar-refractivity contribution in [3.8, 4) is 0 Å². The van der Waals surface area contributed by atoms with Gasteiger partial charge in [0, 0.05) is 19.2 Å². The monoisotopic (exact) mass is 273 g/mol. The highest BCUT2D eigenvalue weighted by Crippen LogP contribution is 2.31. The van der Waals surface area contributed by atoms with E-state index in [4.69, 9.17) is 4.74 Å². The van der Waals surface area contributed by atoms with Crippen LogP contribution in [0.5, 0.6) is 0 Å². The van der Waals surface area contributed by atoms with E-state index in [1.165, 1.54) is 12.1 Å². The maximum atomic E-state index is 12.7. The Morgan fingerprint density at radius 2 is 2.16 bits per heavy atom. The lowest BCUT2D eigenvalue weighted by atomic mass is 10.1. The highest BCUT2D eigenvalue weighted by Gasteiger charge is 2.31. The minimum atomic E-state index is -4.31. The van der Waals surface area contributed by atoms with E-state index in [9.17, 15) is 13.2 Å². The van der Waals surface area contributed by atoms with Crippen LogP contribution >= 0.6 is 0 Å². The van der Waals surface area contributed by atoms with Gasteiger partial charge in [0.15, 0.2) is 0 Å². The van der Waals surface area contributed by atoms with Crippen molar-refractivity contribution in [1.29, 1.82) is 0 Å². The fourth-order valence-corrected chi connectivity index (χ4v) is 2.27. The molecule has 0 amide bonds. The summed E-state index contributed by atoms with van der Waals surface area (Å²) in [5, 5.41) is 3.33. The highest BCUT2D eigenvalue weighted by atomic mass is 19.4. The molecule has 0 spiro atoms. The molecule has 1 heterocycles. The topological polar surface area (TPSA) is 21.3 Å². The van der Waals surface area contributed by atoms with Crippen molar-refractivity contribution in [3.05, 3.63) is 35.4 Å². The number of hydrogen-bond donors (Lipinski definition) is 1. The van der Waals surface area contributed by atoms with E-state index in [0.29, 0.717) is 24.8 Å². The third kappa shape index (κ3) is 3.70. The second-order valence-electron chi connectivity index (χ2n) is 4.78. The quantitative estimate of drug-likeness (QED) is 0.890. The Hall–Kier alpha value is -1.07. The molecule has 1 saturated heterocycles. The molecule has 1 aliphatic rings. The average Bonchev–Trinajstić information content (AvgIpc) is 2.63. The molecule has 1 N–H and O–H groups in total. The van der Waals surface area contributed by atoms with Gasteiger partial charge in [-0.25, -0.2) is 0 Å². The Balaban J connectivity index is 2.13. The zero-order chi connectivity index (χ0) is 13.9. The predicted octanol–water partition coefficient (Wildman–Crippen LogP) is 3.54. The van der Waals surface area contributed by atoms with Crippen molar-refractivity contribution < 1.29 is 17.9 Å². The maximum absolute atomic E-state index is 12.7. The number of rotatable bonds is 2. The first kappa shape index (κ1) is 14.3. The van der Waals surface area contributed by atoms with E-state index in [2.05, 4.69) is 12.2 Å². The van der Waals surface area contributed by atoms with E-state index in [1.54, 1.807) is 6.07 Å². The number of nitrogens with one attached hydrogen (secondary N) is 1. The van der Waals surface area contributed by atoms with Crippen molar-refractivity contribution in [2.45, 2.75) is 38.1 Å². The van der Waals surface area contributed by atoms with Crippen LogP contribution in [0.3, 0.4) is 0 Å². The molecular formula is C14H18F3NO. The molecule has 1 aromatic rings. The Labute approximate surface area is 111 Å². The van der Waals surface area contributed by atoms with Crippen molar-refractivity contribution in [3.63, 3.8) is 0 Å². The molecule has 0 aliphatic carbocycles. The smallest absolute Gasteiger partial charge is 0.372 e. The molecule has 0 aromatic heterocycles. The van der Waals surface area contributed by atoms with Crippen LogP contribution in [0.15, 0.2) is 24.3 Å². The summed E-state index contributed by atoms with van der Waals surface area (Å²) in [5.74, 6) is 0. The van der Waals surface area contributed by atoms with Crippen molar-refractivity contribution in [2.24, 2.45) is 0 Å². The van der Waals surface area contributed by atoms with Gasteiger partial charge in [-0.15, -0.1) is 0 Å².